The van der Waals surface area contributed by atoms with Crippen molar-refractivity contribution in [2.75, 3.05) is 5.32 Å². The van der Waals surface area contributed by atoms with E-state index in [1.807, 2.05) is 30.3 Å². The number of hydrogen-bond acceptors (Lipinski definition) is 3. The second kappa shape index (κ2) is 3.98. The monoisotopic (exact) mass is 262 g/mol. The molecule has 1 aromatic carbocycles. The van der Waals surface area contributed by atoms with Gasteiger partial charge in [-0.15, -0.1) is 11.3 Å². The number of rotatable bonds is 1. The van der Waals surface area contributed by atoms with Gasteiger partial charge >= 0.3 is 0 Å². The first kappa shape index (κ1) is 10.5. The van der Waals surface area contributed by atoms with Gasteiger partial charge in [0.1, 0.15) is 0 Å². The highest BCUT2D eigenvalue weighted by Crippen LogP contribution is 2.33. The quantitative estimate of drug-likeness (QED) is 0.802. The highest BCUT2D eigenvalue weighted by Gasteiger charge is 2.23. The standard InChI is InChI=1S/C12H7ClN2OS/c13-12-14-6-7(17-12)5-9-8-3-1-2-4-10(8)15-11(9)16/h1-6H,(H,15,16). The Morgan fingerprint density at radius 3 is 2.94 bits per heavy atom. The molecule has 1 aromatic heterocycles. The van der Waals surface area contributed by atoms with E-state index in [4.69, 9.17) is 11.6 Å². The van der Waals surface area contributed by atoms with Crippen molar-refractivity contribution < 1.29 is 4.79 Å². The van der Waals surface area contributed by atoms with Crippen LogP contribution in [0.3, 0.4) is 0 Å². The van der Waals surface area contributed by atoms with Gasteiger partial charge in [0.05, 0.1) is 5.57 Å². The first-order chi connectivity index (χ1) is 8.24. The maximum atomic E-state index is 11.8. The van der Waals surface area contributed by atoms with Crippen molar-refractivity contribution in [3.63, 3.8) is 0 Å². The molecule has 2 heterocycles. The van der Waals surface area contributed by atoms with Crippen molar-refractivity contribution in [2.45, 2.75) is 0 Å². The molecule has 0 aliphatic carbocycles. The largest absolute Gasteiger partial charge is 0.321 e. The van der Waals surface area contributed by atoms with Crippen molar-refractivity contribution >= 4 is 46.2 Å². The summed E-state index contributed by atoms with van der Waals surface area (Å²) in [5, 5.41) is 2.82. The molecule has 2 aromatic rings. The van der Waals surface area contributed by atoms with Gasteiger partial charge in [0.25, 0.3) is 5.91 Å². The zero-order chi connectivity index (χ0) is 11.8. The summed E-state index contributed by atoms with van der Waals surface area (Å²) < 4.78 is 0.476. The Labute approximate surface area is 107 Å². The van der Waals surface area contributed by atoms with E-state index in [-0.39, 0.29) is 5.91 Å². The lowest BCUT2D eigenvalue weighted by Crippen LogP contribution is -2.03. The maximum absolute atomic E-state index is 11.8. The number of aromatic nitrogens is 1. The van der Waals surface area contributed by atoms with Gasteiger partial charge in [0.2, 0.25) is 0 Å². The minimum Gasteiger partial charge on any atom is -0.321 e. The predicted octanol–water partition coefficient (Wildman–Crippen LogP) is 3.29. The van der Waals surface area contributed by atoms with Crippen molar-refractivity contribution in [3.8, 4) is 0 Å². The molecule has 84 valence electrons. The molecule has 3 nitrogen and oxygen atoms in total. The number of nitrogens with zero attached hydrogens (tertiary/aromatic N) is 1. The number of fused-ring (bicyclic) bond motifs is 1. The lowest BCUT2D eigenvalue weighted by molar-refractivity contribution is -0.110. The molecule has 0 saturated heterocycles. The van der Waals surface area contributed by atoms with Crippen LogP contribution in [0, 0.1) is 0 Å². The molecule has 17 heavy (non-hydrogen) atoms. The van der Waals surface area contributed by atoms with Gasteiger partial charge in [-0.05, 0) is 12.1 Å². The summed E-state index contributed by atoms with van der Waals surface area (Å²) in [6.45, 7) is 0. The van der Waals surface area contributed by atoms with Crippen molar-refractivity contribution in [1.82, 2.24) is 4.98 Å². The highest BCUT2D eigenvalue weighted by atomic mass is 35.5. The maximum Gasteiger partial charge on any atom is 0.256 e. The zero-order valence-corrected chi connectivity index (χ0v) is 10.2. The van der Waals surface area contributed by atoms with Crippen LogP contribution in [0.5, 0.6) is 0 Å². The molecule has 0 saturated carbocycles. The lowest BCUT2D eigenvalue weighted by atomic mass is 10.1. The van der Waals surface area contributed by atoms with E-state index in [1.54, 1.807) is 6.20 Å². The van der Waals surface area contributed by atoms with Gasteiger partial charge in [0, 0.05) is 22.3 Å². The van der Waals surface area contributed by atoms with Gasteiger partial charge in [-0.2, -0.15) is 0 Å². The first-order valence-corrected chi connectivity index (χ1v) is 6.17. The summed E-state index contributed by atoms with van der Waals surface area (Å²) in [6, 6.07) is 7.60. The Kier molecular flexibility index (Phi) is 2.46. The third kappa shape index (κ3) is 1.85. The van der Waals surface area contributed by atoms with Gasteiger partial charge in [-0.3, -0.25) is 4.79 Å². The van der Waals surface area contributed by atoms with E-state index in [0.29, 0.717) is 10.0 Å². The van der Waals surface area contributed by atoms with Crippen LogP contribution in [0.25, 0.3) is 11.6 Å². The van der Waals surface area contributed by atoms with Gasteiger partial charge in [-0.1, -0.05) is 29.8 Å². The molecule has 1 aliphatic heterocycles. The number of benzene rings is 1. The summed E-state index contributed by atoms with van der Waals surface area (Å²) in [7, 11) is 0. The fourth-order valence-corrected chi connectivity index (χ4v) is 2.65. The Morgan fingerprint density at radius 2 is 2.18 bits per heavy atom. The SMILES string of the molecule is O=C1Nc2ccccc2C1=Cc1cnc(Cl)s1. The normalized spacial score (nSPS) is 16.1. The van der Waals surface area contributed by atoms with E-state index in [1.165, 1.54) is 11.3 Å². The fourth-order valence-electron chi connectivity index (χ4n) is 1.76. The van der Waals surface area contributed by atoms with Crippen molar-refractivity contribution in [1.29, 1.82) is 0 Å². The number of hydrogen-bond donors (Lipinski definition) is 1. The third-order valence-corrected chi connectivity index (χ3v) is 3.55. The van der Waals surface area contributed by atoms with Crippen LogP contribution in [-0.2, 0) is 4.79 Å². The minimum atomic E-state index is -0.0873. The van der Waals surface area contributed by atoms with Gasteiger partial charge in [0.15, 0.2) is 4.47 Å². The summed E-state index contributed by atoms with van der Waals surface area (Å²) in [4.78, 5) is 16.6. The van der Waals surface area contributed by atoms with Crippen LogP contribution in [0.2, 0.25) is 4.47 Å². The van der Waals surface area contributed by atoms with Gasteiger partial charge in [-0.25, -0.2) is 4.98 Å². The predicted molar refractivity (Wildman–Crippen MR) is 70.1 cm³/mol. The van der Waals surface area contributed by atoms with Gasteiger partial charge < -0.3 is 5.32 Å². The molecule has 1 amide bonds. The molecule has 0 bridgehead atoms. The second-order valence-electron chi connectivity index (χ2n) is 3.57. The highest BCUT2D eigenvalue weighted by molar-refractivity contribution is 7.16. The Morgan fingerprint density at radius 1 is 1.35 bits per heavy atom. The molecule has 1 aliphatic rings. The van der Waals surface area contributed by atoms with Crippen LogP contribution in [0.4, 0.5) is 5.69 Å². The molecule has 0 unspecified atom stereocenters. The number of nitrogens with one attached hydrogen (secondary N) is 1. The fraction of sp³-hybridized carbons (Fsp3) is 0. The van der Waals surface area contributed by atoms with E-state index in [0.717, 1.165) is 16.1 Å². The van der Waals surface area contributed by atoms with Crippen LogP contribution in [-0.4, -0.2) is 10.9 Å². The average Bonchev–Trinajstić information content (AvgIpc) is 2.85. The molecular weight excluding hydrogens is 256 g/mol. The van der Waals surface area contributed by atoms with E-state index in [2.05, 4.69) is 10.3 Å². The average molecular weight is 263 g/mol. The van der Waals surface area contributed by atoms with Crippen molar-refractivity contribution in [2.24, 2.45) is 0 Å². The number of carbonyl (C=O) groups is 1. The lowest BCUT2D eigenvalue weighted by Gasteiger charge is -1.95. The Bertz CT molecular complexity index is 633. The van der Waals surface area contributed by atoms with Crippen LogP contribution in [0.1, 0.15) is 10.4 Å². The number of halogens is 1. The van der Waals surface area contributed by atoms with E-state index in [9.17, 15) is 4.79 Å². The Hall–Kier alpha value is -1.65. The van der Waals surface area contributed by atoms with Crippen LogP contribution < -0.4 is 5.32 Å². The van der Waals surface area contributed by atoms with E-state index < -0.39 is 0 Å². The number of thiazole rings is 1. The number of amides is 1. The minimum absolute atomic E-state index is 0.0873. The summed E-state index contributed by atoms with van der Waals surface area (Å²) in [5.74, 6) is -0.0873. The van der Waals surface area contributed by atoms with Crippen LogP contribution in [0.15, 0.2) is 30.5 Å². The Balaban J connectivity index is 2.09. The second-order valence-corrected chi connectivity index (χ2v) is 5.22. The molecule has 0 spiro atoms. The summed E-state index contributed by atoms with van der Waals surface area (Å²) in [5.41, 5.74) is 2.42. The van der Waals surface area contributed by atoms with E-state index >= 15 is 0 Å². The first-order valence-electron chi connectivity index (χ1n) is 4.98. The molecule has 0 atom stereocenters. The smallest absolute Gasteiger partial charge is 0.256 e. The summed E-state index contributed by atoms with van der Waals surface area (Å²) >= 11 is 7.11. The molecule has 0 radical (unpaired) electrons. The summed E-state index contributed by atoms with van der Waals surface area (Å²) in [6.07, 6.45) is 3.47. The molecule has 0 fully saturated rings. The number of carbonyl (C=O) groups excluding carboxylic acids is 1. The molecule has 5 heteroatoms. The number of anilines is 1. The van der Waals surface area contributed by atoms with Crippen molar-refractivity contribution in [3.05, 3.63) is 45.4 Å². The molecule has 3 rings (SSSR count). The number of para-hydroxylation sites is 1. The zero-order valence-electron chi connectivity index (χ0n) is 8.61. The topological polar surface area (TPSA) is 42.0 Å². The molecular formula is C12H7ClN2OS. The van der Waals surface area contributed by atoms with Crippen LogP contribution >= 0.6 is 22.9 Å². The third-order valence-electron chi connectivity index (χ3n) is 2.49. The molecule has 1 N–H and O–H groups in total.